The number of aromatic nitrogens is 1. The van der Waals surface area contributed by atoms with Crippen LogP contribution < -0.4 is 5.32 Å². The molecule has 1 aliphatic heterocycles. The Labute approximate surface area is 148 Å². The number of benzene rings is 1. The molecule has 0 unspecified atom stereocenters. The molecule has 25 heavy (non-hydrogen) atoms. The first-order valence-electron chi connectivity index (χ1n) is 7.92. The van der Waals surface area contributed by atoms with Gasteiger partial charge in [0, 0.05) is 18.8 Å². The third-order valence-electron chi connectivity index (χ3n) is 4.32. The number of hydrogen-bond acceptors (Lipinski definition) is 6. The van der Waals surface area contributed by atoms with Crippen LogP contribution in [0.3, 0.4) is 0 Å². The molecule has 2 aromatic rings. The Kier molecular flexibility index (Phi) is 4.95. The van der Waals surface area contributed by atoms with Crippen LogP contribution in [0.4, 0.5) is 0 Å². The van der Waals surface area contributed by atoms with Crippen molar-refractivity contribution >= 4 is 19.7 Å². The van der Waals surface area contributed by atoms with E-state index in [-0.39, 0.29) is 16.4 Å². The Morgan fingerprint density at radius 3 is 2.48 bits per heavy atom. The van der Waals surface area contributed by atoms with Gasteiger partial charge in [-0.05, 0) is 31.2 Å². The topological polar surface area (TPSA) is 93.2 Å². The van der Waals surface area contributed by atoms with Gasteiger partial charge in [-0.3, -0.25) is 4.98 Å². The van der Waals surface area contributed by atoms with Crippen molar-refractivity contribution in [3.8, 4) is 0 Å². The summed E-state index contributed by atoms with van der Waals surface area (Å²) >= 11 is 0. The Morgan fingerprint density at radius 1 is 1.12 bits per heavy atom. The van der Waals surface area contributed by atoms with Gasteiger partial charge in [0.25, 0.3) is 0 Å². The van der Waals surface area contributed by atoms with Gasteiger partial charge in [0.05, 0.1) is 27.3 Å². The smallest absolute Gasteiger partial charge is 0.183 e. The number of rotatable bonds is 5. The molecule has 1 aliphatic rings. The molecule has 1 saturated heterocycles. The molecule has 0 amide bonds. The number of sulfone groups is 2. The van der Waals surface area contributed by atoms with E-state index in [1.807, 2.05) is 13.0 Å². The highest BCUT2D eigenvalue weighted by Gasteiger charge is 2.45. The molecule has 8 heteroatoms. The first kappa shape index (κ1) is 18.0. The van der Waals surface area contributed by atoms with Crippen LogP contribution in [-0.2, 0) is 26.2 Å². The summed E-state index contributed by atoms with van der Waals surface area (Å²) in [5.74, 6) is -0.543. The fourth-order valence-corrected chi connectivity index (χ4v) is 7.67. The lowest BCUT2D eigenvalue weighted by atomic mass is 10.2. The average Bonchev–Trinajstić information content (AvgIpc) is 2.90. The minimum Gasteiger partial charge on any atom is -0.306 e. The van der Waals surface area contributed by atoms with Crippen molar-refractivity contribution in [2.24, 2.45) is 0 Å². The summed E-state index contributed by atoms with van der Waals surface area (Å²) in [6.07, 6.45) is 1.64. The van der Waals surface area contributed by atoms with Crippen LogP contribution in [0.2, 0.25) is 0 Å². The van der Waals surface area contributed by atoms with Crippen molar-refractivity contribution in [1.82, 2.24) is 10.3 Å². The molecular formula is C17H20N2O4S2. The molecule has 3 rings (SSSR count). The second kappa shape index (κ2) is 6.86. The summed E-state index contributed by atoms with van der Waals surface area (Å²) < 4.78 is 50.0. The third kappa shape index (κ3) is 4.08. The Morgan fingerprint density at radius 2 is 1.84 bits per heavy atom. The lowest BCUT2D eigenvalue weighted by Gasteiger charge is -2.20. The zero-order valence-corrected chi connectivity index (χ0v) is 15.4. The van der Waals surface area contributed by atoms with Gasteiger partial charge in [0.1, 0.15) is 0 Å². The largest absolute Gasteiger partial charge is 0.306 e. The Balaban J connectivity index is 1.85. The highest BCUT2D eigenvalue weighted by Crippen LogP contribution is 2.26. The summed E-state index contributed by atoms with van der Waals surface area (Å²) in [4.78, 5) is 4.33. The van der Waals surface area contributed by atoms with Gasteiger partial charge in [-0.25, -0.2) is 16.8 Å². The van der Waals surface area contributed by atoms with Gasteiger partial charge >= 0.3 is 0 Å². The Bertz CT molecular complexity index is 940. The first-order valence-corrected chi connectivity index (χ1v) is 11.3. The molecule has 1 aromatic carbocycles. The van der Waals surface area contributed by atoms with E-state index in [4.69, 9.17) is 0 Å². The zero-order chi connectivity index (χ0) is 18.1. The molecular weight excluding hydrogens is 360 g/mol. The summed E-state index contributed by atoms with van der Waals surface area (Å²) in [6, 6.07) is 11.3. The summed E-state index contributed by atoms with van der Waals surface area (Å²) in [5.41, 5.74) is 1.68. The maximum absolute atomic E-state index is 12.9. The van der Waals surface area contributed by atoms with Gasteiger partial charge < -0.3 is 5.32 Å². The zero-order valence-electron chi connectivity index (χ0n) is 13.8. The van der Waals surface area contributed by atoms with Crippen LogP contribution in [0.25, 0.3) is 0 Å². The van der Waals surface area contributed by atoms with Crippen LogP contribution in [0.1, 0.15) is 11.3 Å². The molecule has 0 aliphatic carbocycles. The quantitative estimate of drug-likeness (QED) is 0.835. The van der Waals surface area contributed by atoms with Crippen LogP contribution in [0.5, 0.6) is 0 Å². The predicted octanol–water partition coefficient (Wildman–Crippen LogP) is 1.12. The summed E-state index contributed by atoms with van der Waals surface area (Å²) in [7, 11) is -7.15. The fourth-order valence-electron chi connectivity index (χ4n) is 2.95. The number of nitrogens with zero attached hydrogens (tertiary/aromatic N) is 1. The first-order chi connectivity index (χ1) is 11.8. The summed E-state index contributed by atoms with van der Waals surface area (Å²) in [5, 5.41) is 2.07. The van der Waals surface area contributed by atoms with E-state index in [2.05, 4.69) is 10.3 Å². The highest BCUT2D eigenvalue weighted by atomic mass is 32.2. The molecule has 0 radical (unpaired) electrons. The van der Waals surface area contributed by atoms with Gasteiger partial charge in [0.2, 0.25) is 0 Å². The van der Waals surface area contributed by atoms with E-state index in [0.29, 0.717) is 6.54 Å². The van der Waals surface area contributed by atoms with Crippen molar-refractivity contribution in [3.63, 3.8) is 0 Å². The van der Waals surface area contributed by atoms with Crippen molar-refractivity contribution in [3.05, 3.63) is 59.9 Å². The molecule has 2 atom stereocenters. The Hall–Kier alpha value is -1.77. The minimum atomic E-state index is -3.74. The maximum atomic E-state index is 12.9. The number of hydrogen-bond donors (Lipinski definition) is 1. The predicted molar refractivity (Wildman–Crippen MR) is 95.7 cm³/mol. The van der Waals surface area contributed by atoms with E-state index in [0.717, 1.165) is 11.3 Å². The van der Waals surface area contributed by atoms with E-state index < -0.39 is 31.0 Å². The van der Waals surface area contributed by atoms with E-state index in [1.165, 1.54) is 12.1 Å². The van der Waals surface area contributed by atoms with Gasteiger partial charge in [-0.2, -0.15) is 0 Å². The molecule has 1 fully saturated rings. The second-order valence-electron chi connectivity index (χ2n) is 6.28. The van der Waals surface area contributed by atoms with Crippen molar-refractivity contribution in [2.75, 3.05) is 11.5 Å². The van der Waals surface area contributed by atoms with E-state index in [9.17, 15) is 16.8 Å². The molecule has 0 saturated carbocycles. The lowest BCUT2D eigenvalue weighted by molar-refractivity contribution is 0.523. The molecule has 0 bridgehead atoms. The molecule has 1 N–H and O–H groups in total. The molecule has 6 nitrogen and oxygen atoms in total. The van der Waals surface area contributed by atoms with Crippen molar-refractivity contribution in [1.29, 1.82) is 0 Å². The van der Waals surface area contributed by atoms with Crippen molar-refractivity contribution < 1.29 is 16.8 Å². The second-order valence-corrected chi connectivity index (χ2v) is 10.6. The highest BCUT2D eigenvalue weighted by molar-refractivity contribution is 7.96. The number of nitrogens with one attached hydrogen (secondary N) is 1. The van der Waals surface area contributed by atoms with Crippen LogP contribution in [-0.4, -0.2) is 44.6 Å². The van der Waals surface area contributed by atoms with Gasteiger partial charge in [-0.15, -0.1) is 0 Å². The van der Waals surface area contributed by atoms with Gasteiger partial charge in [0.15, 0.2) is 19.7 Å². The molecule has 0 spiro atoms. The molecule has 134 valence electrons. The van der Waals surface area contributed by atoms with Crippen molar-refractivity contribution in [2.45, 2.75) is 29.7 Å². The number of pyridine rings is 1. The summed E-state index contributed by atoms with van der Waals surface area (Å²) in [6.45, 7) is 2.19. The van der Waals surface area contributed by atoms with Crippen LogP contribution in [0.15, 0.2) is 53.6 Å². The van der Waals surface area contributed by atoms with E-state index in [1.54, 1.807) is 30.5 Å². The van der Waals surface area contributed by atoms with E-state index >= 15 is 0 Å². The minimum absolute atomic E-state index is 0.157. The monoisotopic (exact) mass is 380 g/mol. The normalized spacial score (nSPS) is 22.8. The lowest BCUT2D eigenvalue weighted by Crippen LogP contribution is -2.43. The number of aryl methyl sites for hydroxylation is 1. The van der Waals surface area contributed by atoms with Gasteiger partial charge in [-0.1, -0.05) is 23.8 Å². The average molecular weight is 380 g/mol. The third-order valence-corrected chi connectivity index (χ3v) is 8.49. The molecule has 2 heterocycles. The fraction of sp³-hybridized carbons (Fsp3) is 0.353. The molecule has 1 aromatic heterocycles. The maximum Gasteiger partial charge on any atom is 0.183 e. The van der Waals surface area contributed by atoms with Crippen LogP contribution in [0, 0.1) is 6.92 Å². The SMILES string of the molecule is Cc1ccc(S(=O)(=O)[C@@H]2CS(=O)(=O)C[C@H]2NCc2ccccn2)cc1. The van der Waals surface area contributed by atoms with Crippen LogP contribution >= 0.6 is 0 Å². The standard InChI is InChI=1S/C17H20N2O4S2/c1-13-5-7-15(8-6-13)25(22,23)17-12-24(20,21)11-16(17)19-10-14-4-2-3-9-18-14/h2-9,16-17,19H,10-12H2,1H3/t16-,17-/m1/s1.